The Kier molecular flexibility index (Phi) is 6.46. The Morgan fingerprint density at radius 3 is 2.56 bits per heavy atom. The number of carbonyl (C=O) groups excluding carboxylic acids is 1. The molecule has 3 aromatic rings. The van der Waals surface area contributed by atoms with Crippen molar-refractivity contribution in [3.8, 4) is 11.4 Å². The van der Waals surface area contributed by atoms with Gasteiger partial charge < -0.3 is 20.3 Å². The van der Waals surface area contributed by atoms with E-state index < -0.39 is 20.4 Å². The van der Waals surface area contributed by atoms with E-state index in [0.717, 1.165) is 25.1 Å². The van der Waals surface area contributed by atoms with E-state index in [1.54, 1.807) is 30.3 Å². The minimum Gasteiger partial charge on any atom is -0.377 e. The van der Waals surface area contributed by atoms with Gasteiger partial charge in [-0.1, -0.05) is 0 Å². The lowest BCUT2D eigenvalue weighted by Crippen LogP contribution is -2.44. The van der Waals surface area contributed by atoms with Crippen molar-refractivity contribution >= 4 is 27.4 Å². The van der Waals surface area contributed by atoms with Gasteiger partial charge in [0.25, 0.3) is 0 Å². The maximum absolute atomic E-state index is 13.9. The molecular formula is C27H29FN6O4S. The van der Waals surface area contributed by atoms with Crippen LogP contribution in [0.25, 0.3) is 11.4 Å². The topological polar surface area (TPSA) is 126 Å². The highest BCUT2D eigenvalue weighted by atomic mass is 32.2. The third-order valence-corrected chi connectivity index (χ3v) is 9.85. The fourth-order valence-corrected chi connectivity index (χ4v) is 6.77. The highest BCUT2D eigenvalue weighted by molar-refractivity contribution is 7.92. The predicted molar refractivity (Wildman–Crippen MR) is 143 cm³/mol. The number of anilines is 2. The van der Waals surface area contributed by atoms with E-state index in [9.17, 15) is 17.6 Å². The molecule has 10 nitrogen and oxygen atoms in total. The van der Waals surface area contributed by atoms with E-state index in [1.807, 2.05) is 6.92 Å². The highest BCUT2D eigenvalue weighted by Gasteiger charge is 2.58. The van der Waals surface area contributed by atoms with Crippen molar-refractivity contribution in [2.75, 3.05) is 30.0 Å². The lowest BCUT2D eigenvalue weighted by atomic mass is 10.1. The standard InChI is InChI=1S/C27H29FN6O4S/c1-17-16-38-11-10-34(17)24-13-23(27(8-9-27)39(36,37)22-12-19(28)14-29-15-22)32-25(33-24)18-2-4-20(5-3-18)30-26(35)31-21-6-7-21/h2-5,12-15,17,21H,6-11,16H2,1H3,(H2,30,31,35)/t17-/m0/s1. The molecule has 2 aliphatic carbocycles. The van der Waals surface area contributed by atoms with Gasteiger partial charge in [-0.15, -0.1) is 0 Å². The van der Waals surface area contributed by atoms with Crippen molar-refractivity contribution in [2.45, 2.75) is 54.3 Å². The molecule has 1 saturated heterocycles. The number of hydrogen-bond acceptors (Lipinski definition) is 8. The van der Waals surface area contributed by atoms with Crippen molar-refractivity contribution < 1.29 is 22.3 Å². The number of benzene rings is 1. The van der Waals surface area contributed by atoms with Crippen molar-refractivity contribution in [3.63, 3.8) is 0 Å². The Balaban J connectivity index is 1.38. The Hall–Kier alpha value is -3.64. The van der Waals surface area contributed by atoms with Crippen LogP contribution in [0.15, 0.2) is 53.7 Å². The summed E-state index contributed by atoms with van der Waals surface area (Å²) in [5, 5.41) is 5.70. The van der Waals surface area contributed by atoms with Crippen LogP contribution >= 0.6 is 0 Å². The minimum absolute atomic E-state index is 0.0325. The Morgan fingerprint density at radius 1 is 1.13 bits per heavy atom. The molecule has 204 valence electrons. The van der Waals surface area contributed by atoms with E-state index in [2.05, 4.69) is 20.5 Å². The highest BCUT2D eigenvalue weighted by Crippen LogP contribution is 2.55. The summed E-state index contributed by atoms with van der Waals surface area (Å²) in [6.45, 7) is 3.68. The third kappa shape index (κ3) is 5.06. The molecule has 6 rings (SSSR count). The van der Waals surface area contributed by atoms with E-state index in [1.165, 1.54) is 6.20 Å². The number of nitrogens with zero attached hydrogens (tertiary/aromatic N) is 4. The largest absolute Gasteiger partial charge is 0.377 e. The average molecular weight is 553 g/mol. The summed E-state index contributed by atoms with van der Waals surface area (Å²) in [5.74, 6) is 0.266. The molecule has 3 aliphatic rings. The van der Waals surface area contributed by atoms with Crippen molar-refractivity contribution in [3.05, 3.63) is 60.3 Å². The van der Waals surface area contributed by atoms with Gasteiger partial charge in [0.15, 0.2) is 15.7 Å². The number of pyridine rings is 1. The molecule has 12 heteroatoms. The summed E-state index contributed by atoms with van der Waals surface area (Å²) in [7, 11) is -3.98. The number of amides is 2. The van der Waals surface area contributed by atoms with Crippen LogP contribution in [0, 0.1) is 5.82 Å². The average Bonchev–Trinajstić information content (AvgIpc) is 3.85. The Morgan fingerprint density at radius 2 is 1.90 bits per heavy atom. The molecule has 1 atom stereocenters. The van der Waals surface area contributed by atoms with E-state index in [0.29, 0.717) is 61.2 Å². The molecular weight excluding hydrogens is 523 g/mol. The van der Waals surface area contributed by atoms with Gasteiger partial charge in [-0.2, -0.15) is 0 Å². The van der Waals surface area contributed by atoms with Crippen LogP contribution in [0.4, 0.5) is 20.7 Å². The first-order valence-corrected chi connectivity index (χ1v) is 14.5. The third-order valence-electron chi connectivity index (χ3n) is 7.36. The Bertz CT molecular complexity index is 1510. The Labute approximate surface area is 225 Å². The molecule has 3 heterocycles. The number of nitrogens with one attached hydrogen (secondary N) is 2. The molecule has 2 N–H and O–H groups in total. The number of morpholine rings is 1. The van der Waals surface area contributed by atoms with Crippen LogP contribution in [-0.2, 0) is 19.3 Å². The van der Waals surface area contributed by atoms with Crippen LogP contribution in [0.5, 0.6) is 0 Å². The maximum atomic E-state index is 13.9. The summed E-state index contributed by atoms with van der Waals surface area (Å²) in [5.41, 5.74) is 1.67. The zero-order chi connectivity index (χ0) is 27.2. The summed E-state index contributed by atoms with van der Waals surface area (Å²) in [6, 6.07) is 9.88. The van der Waals surface area contributed by atoms with Gasteiger partial charge in [-0.25, -0.2) is 27.6 Å². The van der Waals surface area contributed by atoms with Crippen LogP contribution in [0.1, 0.15) is 38.3 Å². The molecule has 0 bridgehead atoms. The second-order valence-corrected chi connectivity index (χ2v) is 12.6. The summed E-state index contributed by atoms with van der Waals surface area (Å²) >= 11 is 0. The van der Waals surface area contributed by atoms with Gasteiger partial charge in [-0.3, -0.25) is 4.98 Å². The maximum Gasteiger partial charge on any atom is 0.319 e. The number of urea groups is 1. The zero-order valence-corrected chi connectivity index (χ0v) is 22.2. The van der Waals surface area contributed by atoms with Crippen LogP contribution in [0.3, 0.4) is 0 Å². The first kappa shape index (κ1) is 25.6. The number of sulfone groups is 1. The second-order valence-electron chi connectivity index (χ2n) is 10.3. The lowest BCUT2D eigenvalue weighted by Gasteiger charge is -2.34. The van der Waals surface area contributed by atoms with Gasteiger partial charge in [0.2, 0.25) is 0 Å². The normalized spacial score (nSPS) is 20.4. The molecule has 2 amide bonds. The van der Waals surface area contributed by atoms with Gasteiger partial charge in [0.1, 0.15) is 16.4 Å². The molecule has 3 fully saturated rings. The summed E-state index contributed by atoms with van der Waals surface area (Å²) < 4.78 is 45.7. The number of carbonyl (C=O) groups is 1. The van der Waals surface area contributed by atoms with Gasteiger partial charge >= 0.3 is 6.03 Å². The van der Waals surface area contributed by atoms with Gasteiger partial charge in [-0.05, 0) is 62.9 Å². The number of aromatic nitrogens is 3. The first-order chi connectivity index (χ1) is 18.7. The summed E-state index contributed by atoms with van der Waals surface area (Å²) in [6.07, 6.45) is 4.87. The lowest BCUT2D eigenvalue weighted by molar-refractivity contribution is 0.0985. The van der Waals surface area contributed by atoms with Gasteiger partial charge in [0, 0.05) is 36.1 Å². The smallest absolute Gasteiger partial charge is 0.319 e. The van der Waals surface area contributed by atoms with Crippen molar-refractivity contribution in [2.24, 2.45) is 0 Å². The number of ether oxygens (including phenoxy) is 1. The quantitative estimate of drug-likeness (QED) is 0.455. The molecule has 0 unspecified atom stereocenters. The molecule has 2 saturated carbocycles. The minimum atomic E-state index is -3.98. The SMILES string of the molecule is C[C@H]1COCCN1c1cc(C2(S(=O)(=O)c3cncc(F)c3)CC2)nc(-c2ccc(NC(=O)NC3CC3)cc2)n1. The first-order valence-electron chi connectivity index (χ1n) is 13.0. The number of halogens is 1. The van der Waals surface area contributed by atoms with Crippen LogP contribution in [-0.4, -0.2) is 61.2 Å². The zero-order valence-electron chi connectivity index (χ0n) is 21.4. The molecule has 39 heavy (non-hydrogen) atoms. The molecule has 0 spiro atoms. The summed E-state index contributed by atoms with van der Waals surface area (Å²) in [4.78, 5) is 27.4. The molecule has 1 aromatic carbocycles. The van der Waals surface area contributed by atoms with Gasteiger partial charge in [0.05, 0.1) is 36.0 Å². The van der Waals surface area contributed by atoms with E-state index in [-0.39, 0.29) is 23.0 Å². The fraction of sp³-hybridized carbons (Fsp3) is 0.407. The molecule has 2 aromatic heterocycles. The van der Waals surface area contributed by atoms with Crippen LogP contribution < -0.4 is 15.5 Å². The predicted octanol–water partition coefficient (Wildman–Crippen LogP) is 3.65. The second kappa shape index (κ2) is 9.83. The molecule has 1 aliphatic heterocycles. The van der Waals surface area contributed by atoms with E-state index >= 15 is 0 Å². The van der Waals surface area contributed by atoms with Crippen molar-refractivity contribution in [1.82, 2.24) is 20.3 Å². The van der Waals surface area contributed by atoms with Crippen molar-refractivity contribution in [1.29, 1.82) is 0 Å². The van der Waals surface area contributed by atoms with Crippen LogP contribution in [0.2, 0.25) is 0 Å². The number of rotatable bonds is 7. The fourth-order valence-electron chi connectivity index (χ4n) is 4.84. The van der Waals surface area contributed by atoms with E-state index in [4.69, 9.17) is 14.7 Å². The number of hydrogen-bond donors (Lipinski definition) is 2. The monoisotopic (exact) mass is 552 g/mol. The molecule has 0 radical (unpaired) electrons.